The summed E-state index contributed by atoms with van der Waals surface area (Å²) in [6, 6.07) is 10.8. The van der Waals surface area contributed by atoms with Gasteiger partial charge < -0.3 is 9.47 Å². The summed E-state index contributed by atoms with van der Waals surface area (Å²) in [5.41, 5.74) is 0.636. The number of ether oxygens (including phenoxy) is 2. The van der Waals surface area contributed by atoms with E-state index in [0.29, 0.717) is 60.4 Å². The maximum atomic E-state index is 13.8. The van der Waals surface area contributed by atoms with Gasteiger partial charge in [0.05, 0.1) is 40.9 Å². The molecule has 39 heavy (non-hydrogen) atoms. The zero-order chi connectivity index (χ0) is 27.6. The van der Waals surface area contributed by atoms with Crippen LogP contribution in [-0.2, 0) is 29.3 Å². The molecule has 0 unspecified atom stereocenters. The third-order valence-electron chi connectivity index (χ3n) is 6.70. The van der Waals surface area contributed by atoms with Gasteiger partial charge in [0.1, 0.15) is 5.52 Å². The molecule has 210 valence electrons. The lowest BCUT2D eigenvalue weighted by Crippen LogP contribution is -2.43. The zero-order valence-electron chi connectivity index (χ0n) is 21.5. The highest BCUT2D eigenvalue weighted by atomic mass is 32.2. The van der Waals surface area contributed by atoms with Crippen molar-refractivity contribution in [3.8, 4) is 0 Å². The molecule has 1 aromatic heterocycles. The Morgan fingerprint density at radius 1 is 0.949 bits per heavy atom. The van der Waals surface area contributed by atoms with Gasteiger partial charge in [0, 0.05) is 51.1 Å². The maximum Gasteiger partial charge on any atom is 0.260 e. The first-order valence-corrected chi connectivity index (χ1v) is 16.7. The van der Waals surface area contributed by atoms with E-state index in [-0.39, 0.29) is 28.8 Å². The Kier molecular flexibility index (Phi) is 8.33. The maximum absolute atomic E-state index is 13.8. The molecule has 0 radical (unpaired) electrons. The number of carbonyl (C=O) groups is 1. The topological polar surface area (TPSA) is 126 Å². The van der Waals surface area contributed by atoms with Crippen molar-refractivity contribution in [2.45, 2.75) is 9.79 Å². The SMILES string of the molecule is CS(=O)(=O)c1cccc2sc(N(CCN3CCOCC3)C(=O)c3ccc(S(=O)(=O)N4CCOCC4)cc3)nc12. The highest BCUT2D eigenvalue weighted by Crippen LogP contribution is 2.33. The summed E-state index contributed by atoms with van der Waals surface area (Å²) in [5.74, 6) is -0.349. The molecule has 2 aliphatic heterocycles. The molecule has 2 aliphatic rings. The first kappa shape index (κ1) is 28.1. The van der Waals surface area contributed by atoms with Crippen LogP contribution in [0.1, 0.15) is 10.4 Å². The monoisotopic (exact) mass is 594 g/mol. The van der Waals surface area contributed by atoms with Crippen LogP contribution in [0.15, 0.2) is 52.3 Å². The highest BCUT2D eigenvalue weighted by molar-refractivity contribution is 7.91. The van der Waals surface area contributed by atoms with Crippen molar-refractivity contribution >= 4 is 52.5 Å². The summed E-state index contributed by atoms with van der Waals surface area (Å²) in [6.45, 7) is 4.87. The molecular formula is C25H30N4O7S3. The predicted octanol–water partition coefficient (Wildman–Crippen LogP) is 1.70. The number of benzene rings is 2. The number of hydrogen-bond acceptors (Lipinski definition) is 10. The minimum Gasteiger partial charge on any atom is -0.379 e. The molecule has 1 amide bonds. The van der Waals surface area contributed by atoms with Crippen LogP contribution in [0.25, 0.3) is 10.2 Å². The van der Waals surface area contributed by atoms with Crippen molar-refractivity contribution in [1.29, 1.82) is 0 Å². The van der Waals surface area contributed by atoms with Gasteiger partial charge in [0.2, 0.25) is 10.0 Å². The van der Waals surface area contributed by atoms with Crippen LogP contribution in [0.2, 0.25) is 0 Å². The van der Waals surface area contributed by atoms with Crippen molar-refractivity contribution in [3.05, 3.63) is 48.0 Å². The lowest BCUT2D eigenvalue weighted by molar-refractivity contribution is 0.0391. The summed E-state index contributed by atoms with van der Waals surface area (Å²) < 4.78 is 63.4. The third-order valence-corrected chi connectivity index (χ3v) is 10.8. The molecular weight excluding hydrogens is 564 g/mol. The van der Waals surface area contributed by atoms with Crippen LogP contribution in [0.3, 0.4) is 0 Å². The Morgan fingerprint density at radius 3 is 2.23 bits per heavy atom. The highest BCUT2D eigenvalue weighted by Gasteiger charge is 2.28. The van der Waals surface area contributed by atoms with E-state index in [4.69, 9.17) is 9.47 Å². The van der Waals surface area contributed by atoms with E-state index in [1.807, 2.05) is 0 Å². The fourth-order valence-electron chi connectivity index (χ4n) is 4.54. The van der Waals surface area contributed by atoms with Gasteiger partial charge in [-0.15, -0.1) is 0 Å². The number of carbonyl (C=O) groups excluding carboxylic acids is 1. The third kappa shape index (κ3) is 6.16. The van der Waals surface area contributed by atoms with E-state index in [1.165, 1.54) is 50.9 Å². The van der Waals surface area contributed by atoms with Gasteiger partial charge in [-0.25, -0.2) is 21.8 Å². The zero-order valence-corrected chi connectivity index (χ0v) is 23.9. The van der Waals surface area contributed by atoms with E-state index in [9.17, 15) is 21.6 Å². The molecule has 2 aromatic carbocycles. The van der Waals surface area contributed by atoms with Gasteiger partial charge >= 0.3 is 0 Å². The number of para-hydroxylation sites is 1. The minimum absolute atomic E-state index is 0.110. The molecule has 0 bridgehead atoms. The Labute approximate surface area is 231 Å². The standard InChI is InChI=1S/C25H30N4O7S3/c1-38(31,32)22-4-2-3-21-23(22)26-25(37-21)29(10-9-27-11-15-35-16-12-27)24(30)19-5-7-20(8-6-19)39(33,34)28-13-17-36-18-14-28/h2-8H,9-18H2,1H3. The molecule has 0 saturated carbocycles. The number of hydrogen-bond donors (Lipinski definition) is 0. The van der Waals surface area contributed by atoms with Crippen LogP contribution < -0.4 is 4.90 Å². The summed E-state index contributed by atoms with van der Waals surface area (Å²) >= 11 is 1.24. The summed E-state index contributed by atoms with van der Waals surface area (Å²) in [4.78, 5) is 22.3. The number of sulfonamides is 1. The fraction of sp³-hybridized carbons (Fsp3) is 0.440. The number of amides is 1. The van der Waals surface area contributed by atoms with Crippen molar-refractivity contribution in [2.75, 3.05) is 76.9 Å². The molecule has 0 aliphatic carbocycles. The van der Waals surface area contributed by atoms with Gasteiger partial charge in [-0.3, -0.25) is 14.6 Å². The van der Waals surface area contributed by atoms with E-state index in [0.717, 1.165) is 19.3 Å². The number of rotatable bonds is 8. The number of nitrogens with zero attached hydrogens (tertiary/aromatic N) is 4. The normalized spacial score (nSPS) is 17.9. The quantitative estimate of drug-likeness (QED) is 0.383. The van der Waals surface area contributed by atoms with Crippen molar-refractivity contribution in [2.24, 2.45) is 0 Å². The average Bonchev–Trinajstić information content (AvgIpc) is 3.37. The molecule has 0 spiro atoms. The van der Waals surface area contributed by atoms with Crippen molar-refractivity contribution in [1.82, 2.24) is 14.2 Å². The van der Waals surface area contributed by atoms with Gasteiger partial charge in [-0.2, -0.15) is 4.31 Å². The minimum atomic E-state index is -3.69. The predicted molar refractivity (Wildman–Crippen MR) is 148 cm³/mol. The molecule has 11 nitrogen and oxygen atoms in total. The Hall–Kier alpha value is -2.46. The second kappa shape index (κ2) is 11.6. The van der Waals surface area contributed by atoms with Crippen LogP contribution >= 0.6 is 11.3 Å². The lowest BCUT2D eigenvalue weighted by Gasteiger charge is -2.29. The molecule has 0 atom stereocenters. The molecule has 5 rings (SSSR count). The lowest BCUT2D eigenvalue weighted by atomic mass is 10.2. The van der Waals surface area contributed by atoms with Gasteiger partial charge in [0.15, 0.2) is 15.0 Å². The Balaban J connectivity index is 1.45. The first-order valence-electron chi connectivity index (χ1n) is 12.5. The fourth-order valence-corrected chi connectivity index (χ4v) is 7.86. The first-order chi connectivity index (χ1) is 18.6. The van der Waals surface area contributed by atoms with Crippen LogP contribution in [0, 0.1) is 0 Å². The molecule has 2 fully saturated rings. The number of sulfone groups is 1. The van der Waals surface area contributed by atoms with Gasteiger partial charge in [-0.05, 0) is 36.4 Å². The smallest absolute Gasteiger partial charge is 0.260 e. The van der Waals surface area contributed by atoms with E-state index >= 15 is 0 Å². The summed E-state index contributed by atoms with van der Waals surface area (Å²) in [5, 5.41) is 0.379. The van der Waals surface area contributed by atoms with E-state index in [1.54, 1.807) is 12.1 Å². The molecule has 2 saturated heterocycles. The number of aromatic nitrogens is 1. The van der Waals surface area contributed by atoms with E-state index < -0.39 is 19.9 Å². The van der Waals surface area contributed by atoms with Crippen LogP contribution in [0.4, 0.5) is 5.13 Å². The molecule has 3 heterocycles. The number of anilines is 1. The largest absolute Gasteiger partial charge is 0.379 e. The average molecular weight is 595 g/mol. The second-order valence-corrected chi connectivity index (χ2v) is 14.3. The number of thiazole rings is 1. The molecule has 3 aromatic rings. The second-order valence-electron chi connectivity index (χ2n) is 9.32. The number of morpholine rings is 2. The van der Waals surface area contributed by atoms with E-state index in [2.05, 4.69) is 9.88 Å². The van der Waals surface area contributed by atoms with Crippen molar-refractivity contribution < 1.29 is 31.1 Å². The Morgan fingerprint density at radius 2 is 1.59 bits per heavy atom. The van der Waals surface area contributed by atoms with Crippen LogP contribution in [-0.4, -0.2) is 109 Å². The Bertz CT molecular complexity index is 1540. The molecule has 0 N–H and O–H groups in total. The van der Waals surface area contributed by atoms with Gasteiger partial charge in [-0.1, -0.05) is 17.4 Å². The summed E-state index contributed by atoms with van der Waals surface area (Å²) in [7, 11) is -7.22. The van der Waals surface area contributed by atoms with Gasteiger partial charge in [0.25, 0.3) is 5.91 Å². The number of fused-ring (bicyclic) bond motifs is 1. The summed E-state index contributed by atoms with van der Waals surface area (Å²) in [6.07, 6.45) is 1.13. The van der Waals surface area contributed by atoms with Crippen LogP contribution in [0.5, 0.6) is 0 Å². The van der Waals surface area contributed by atoms with Crippen molar-refractivity contribution in [3.63, 3.8) is 0 Å². The molecule has 14 heteroatoms.